The van der Waals surface area contributed by atoms with Crippen molar-refractivity contribution in [3.63, 3.8) is 0 Å². The van der Waals surface area contributed by atoms with Crippen molar-refractivity contribution in [3.8, 4) is 0 Å². The highest BCUT2D eigenvalue weighted by molar-refractivity contribution is 6.48. The summed E-state index contributed by atoms with van der Waals surface area (Å²) in [7, 11) is 0.103. The van der Waals surface area contributed by atoms with Gasteiger partial charge in [-0.1, -0.05) is 0 Å². The van der Waals surface area contributed by atoms with Crippen molar-refractivity contribution >= 4 is 13.2 Å². The number of rotatable bonds is 9. The summed E-state index contributed by atoms with van der Waals surface area (Å²) in [6.07, 6.45) is -0.113. The molecule has 0 fully saturated rings. The maximum absolute atomic E-state index is 12.7. The van der Waals surface area contributed by atoms with Crippen LogP contribution < -0.4 is 5.32 Å². The molecule has 0 spiro atoms. The highest BCUT2D eigenvalue weighted by Crippen LogP contribution is 2.24. The quantitative estimate of drug-likeness (QED) is 0.447. The summed E-state index contributed by atoms with van der Waals surface area (Å²) in [5.41, 5.74) is -1.06. The van der Waals surface area contributed by atoms with Crippen molar-refractivity contribution in [3.05, 3.63) is 11.7 Å². The number of hydrogen-bond acceptors (Lipinski definition) is 4. The van der Waals surface area contributed by atoms with Gasteiger partial charge in [0.2, 0.25) is 0 Å². The largest absolute Gasteiger partial charge is 0.427 e. The maximum Gasteiger partial charge on any atom is 0.312 e. The molecule has 20 heavy (non-hydrogen) atoms. The SMILES string of the molecule is CC(=N)/C(BOC(C)(C)C(C)(C)O)=C\NCC(F)CF. The first-order valence-electron chi connectivity index (χ1n) is 6.55. The van der Waals surface area contributed by atoms with E-state index >= 15 is 0 Å². The zero-order valence-corrected chi connectivity index (χ0v) is 12.9. The molecule has 0 bridgehead atoms. The highest BCUT2D eigenvalue weighted by atomic mass is 19.2. The molecule has 7 heteroatoms. The number of alkyl halides is 2. The standard InChI is InChI=1S/C13H25BF2N2O2/c1-9(17)11(8-18-7-10(16)6-15)14-20-13(4,5)12(2,3)19/h8,10,14,17-19H,6-7H2,1-5H3/b11-8+,17-9?. The van der Waals surface area contributed by atoms with Crippen LogP contribution in [0.25, 0.3) is 0 Å². The molecule has 1 atom stereocenters. The average Bonchev–Trinajstić information content (AvgIpc) is 2.31. The molecule has 0 aliphatic carbocycles. The lowest BCUT2D eigenvalue weighted by molar-refractivity contribution is -0.0895. The third-order valence-electron chi connectivity index (χ3n) is 3.33. The maximum atomic E-state index is 12.7. The second-order valence-corrected chi connectivity index (χ2v) is 5.81. The van der Waals surface area contributed by atoms with E-state index in [0.717, 1.165) is 0 Å². The van der Waals surface area contributed by atoms with Crippen molar-refractivity contribution in [2.75, 3.05) is 13.2 Å². The van der Waals surface area contributed by atoms with Gasteiger partial charge in [0, 0.05) is 12.3 Å². The van der Waals surface area contributed by atoms with Gasteiger partial charge in [-0.3, -0.25) is 0 Å². The highest BCUT2D eigenvalue weighted by Gasteiger charge is 2.35. The van der Waals surface area contributed by atoms with Crippen molar-refractivity contribution in [1.29, 1.82) is 5.41 Å². The summed E-state index contributed by atoms with van der Waals surface area (Å²) in [5, 5.41) is 20.2. The minimum absolute atomic E-state index is 0.103. The van der Waals surface area contributed by atoms with E-state index in [1.54, 1.807) is 34.6 Å². The molecule has 0 saturated heterocycles. The number of halogens is 2. The normalized spacial score (nSPS) is 14.9. The first-order chi connectivity index (χ1) is 9.01. The third-order valence-corrected chi connectivity index (χ3v) is 3.33. The van der Waals surface area contributed by atoms with Gasteiger partial charge in [-0.2, -0.15) is 0 Å². The summed E-state index contributed by atoms with van der Waals surface area (Å²) in [5.74, 6) is 0. The Morgan fingerprint density at radius 2 is 2.00 bits per heavy atom. The van der Waals surface area contributed by atoms with Crippen LogP contribution >= 0.6 is 0 Å². The van der Waals surface area contributed by atoms with E-state index in [1.165, 1.54) is 6.20 Å². The lowest BCUT2D eigenvalue weighted by Crippen LogP contribution is -2.48. The number of nitrogens with one attached hydrogen (secondary N) is 2. The Morgan fingerprint density at radius 1 is 1.45 bits per heavy atom. The first kappa shape index (κ1) is 19.1. The lowest BCUT2D eigenvalue weighted by Gasteiger charge is -2.37. The van der Waals surface area contributed by atoms with E-state index in [4.69, 9.17) is 10.1 Å². The summed E-state index contributed by atoms with van der Waals surface area (Å²) < 4.78 is 30.3. The van der Waals surface area contributed by atoms with Crippen LogP contribution in [0.5, 0.6) is 0 Å². The van der Waals surface area contributed by atoms with Gasteiger partial charge in [-0.25, -0.2) is 8.78 Å². The topological polar surface area (TPSA) is 65.3 Å². The Balaban J connectivity index is 4.57. The van der Waals surface area contributed by atoms with Gasteiger partial charge in [0.15, 0.2) is 0 Å². The van der Waals surface area contributed by atoms with Crippen molar-refractivity contribution in [2.45, 2.75) is 52.0 Å². The Kier molecular flexibility index (Phi) is 7.37. The summed E-state index contributed by atoms with van der Waals surface area (Å²) >= 11 is 0. The van der Waals surface area contributed by atoms with Crippen LogP contribution in [0.15, 0.2) is 11.7 Å². The van der Waals surface area contributed by atoms with Crippen molar-refractivity contribution in [1.82, 2.24) is 5.32 Å². The Labute approximate surface area is 120 Å². The molecule has 0 aromatic rings. The number of hydrogen-bond donors (Lipinski definition) is 3. The van der Waals surface area contributed by atoms with Gasteiger partial charge in [-0.05, 0) is 46.3 Å². The predicted molar refractivity (Wildman–Crippen MR) is 79.0 cm³/mol. The lowest BCUT2D eigenvalue weighted by atomic mass is 9.80. The molecule has 0 heterocycles. The van der Waals surface area contributed by atoms with E-state index in [1.807, 2.05) is 0 Å². The van der Waals surface area contributed by atoms with Crippen molar-refractivity contribution < 1.29 is 18.5 Å². The molecule has 0 aliphatic rings. The zero-order chi connectivity index (χ0) is 16.0. The molecule has 0 aromatic heterocycles. The molecule has 3 N–H and O–H groups in total. The van der Waals surface area contributed by atoms with Crippen LogP contribution in [0.3, 0.4) is 0 Å². The minimum atomic E-state index is -1.56. The van der Waals surface area contributed by atoms with Crippen LogP contribution in [0, 0.1) is 5.41 Å². The second-order valence-electron chi connectivity index (χ2n) is 5.81. The summed E-state index contributed by atoms with van der Waals surface area (Å²) in [6, 6.07) is 0. The van der Waals surface area contributed by atoms with E-state index < -0.39 is 24.0 Å². The first-order valence-corrected chi connectivity index (χ1v) is 6.55. The molecule has 0 aromatic carbocycles. The molecule has 0 amide bonds. The number of aliphatic hydroxyl groups is 1. The van der Waals surface area contributed by atoms with Crippen LogP contribution in [0.4, 0.5) is 8.78 Å². The van der Waals surface area contributed by atoms with Crippen LogP contribution in [-0.4, -0.2) is 48.9 Å². The van der Waals surface area contributed by atoms with Gasteiger partial charge in [0.05, 0.1) is 11.2 Å². The van der Waals surface area contributed by atoms with Gasteiger partial charge in [0.25, 0.3) is 0 Å². The zero-order valence-electron chi connectivity index (χ0n) is 12.9. The van der Waals surface area contributed by atoms with E-state index in [-0.39, 0.29) is 19.7 Å². The average molecular weight is 290 g/mol. The van der Waals surface area contributed by atoms with Crippen LogP contribution in [-0.2, 0) is 4.65 Å². The fourth-order valence-electron chi connectivity index (χ4n) is 1.06. The molecule has 0 saturated carbocycles. The fourth-order valence-corrected chi connectivity index (χ4v) is 1.06. The van der Waals surface area contributed by atoms with Gasteiger partial charge in [-0.15, -0.1) is 0 Å². The summed E-state index contributed by atoms with van der Waals surface area (Å²) in [6.45, 7) is 7.16. The van der Waals surface area contributed by atoms with E-state index in [2.05, 4.69) is 5.32 Å². The molecule has 116 valence electrons. The van der Waals surface area contributed by atoms with Crippen LogP contribution in [0.1, 0.15) is 34.6 Å². The van der Waals surface area contributed by atoms with Gasteiger partial charge < -0.3 is 20.5 Å². The van der Waals surface area contributed by atoms with Crippen LogP contribution in [0.2, 0.25) is 0 Å². The smallest absolute Gasteiger partial charge is 0.312 e. The van der Waals surface area contributed by atoms with Gasteiger partial charge in [0.1, 0.15) is 12.8 Å². The minimum Gasteiger partial charge on any atom is -0.427 e. The molecular weight excluding hydrogens is 265 g/mol. The van der Waals surface area contributed by atoms with Crippen molar-refractivity contribution in [2.24, 2.45) is 0 Å². The third kappa shape index (κ3) is 6.48. The number of allylic oxidation sites excluding steroid dienone is 1. The van der Waals surface area contributed by atoms with Gasteiger partial charge >= 0.3 is 7.48 Å². The fraction of sp³-hybridized carbons (Fsp3) is 0.769. The monoisotopic (exact) mass is 290 g/mol. The second kappa shape index (κ2) is 7.74. The Hall–Kier alpha value is -0.945. The molecule has 1 unspecified atom stereocenters. The molecular formula is C13H25BF2N2O2. The van der Waals surface area contributed by atoms with E-state index in [0.29, 0.717) is 5.47 Å². The molecule has 0 rings (SSSR count). The Morgan fingerprint density at radius 3 is 2.40 bits per heavy atom. The van der Waals surface area contributed by atoms with E-state index in [9.17, 15) is 13.9 Å². The molecule has 4 nitrogen and oxygen atoms in total. The molecule has 0 aliphatic heterocycles. The molecule has 0 radical (unpaired) electrons. The summed E-state index contributed by atoms with van der Waals surface area (Å²) in [4.78, 5) is 0. The predicted octanol–water partition coefficient (Wildman–Crippen LogP) is 1.68. The Bertz CT molecular complexity index is 355.